The third-order valence-corrected chi connectivity index (χ3v) is 9.26. The van der Waals surface area contributed by atoms with E-state index in [1.54, 1.807) is 7.11 Å². The molecule has 0 radical (unpaired) electrons. The summed E-state index contributed by atoms with van der Waals surface area (Å²) < 4.78 is 11.2. The second-order valence-electron chi connectivity index (χ2n) is 7.60. The molecule has 0 aliphatic heterocycles. The number of ether oxygens (including phenoxy) is 1. The van der Waals surface area contributed by atoms with Gasteiger partial charge in [0.15, 0.2) is 8.32 Å². The molecule has 4 heteroatoms. The fourth-order valence-electron chi connectivity index (χ4n) is 2.01. The number of rotatable bonds is 9. The smallest absolute Gasteiger partial charge is 0.191 e. The summed E-state index contributed by atoms with van der Waals surface area (Å²) in [5.74, 6) is 1.17. The SMILES string of the molecule is COc1ccc(CCC(=O)CCCO[Si](C)(C)C(C)(C)C)cc1. The lowest BCUT2D eigenvalue weighted by Crippen LogP contribution is -2.41. The molecule has 0 aliphatic rings. The van der Waals surface area contributed by atoms with Crippen molar-refractivity contribution in [3.63, 3.8) is 0 Å². The molecule has 23 heavy (non-hydrogen) atoms. The molecule has 0 saturated heterocycles. The third-order valence-electron chi connectivity index (χ3n) is 4.72. The van der Waals surface area contributed by atoms with E-state index in [2.05, 4.69) is 33.9 Å². The minimum atomic E-state index is -1.68. The minimum Gasteiger partial charge on any atom is -0.497 e. The van der Waals surface area contributed by atoms with Gasteiger partial charge in [0.05, 0.1) is 7.11 Å². The number of benzene rings is 1. The average Bonchev–Trinajstić information content (AvgIpc) is 2.49. The number of aryl methyl sites for hydroxylation is 1. The van der Waals surface area contributed by atoms with Crippen molar-refractivity contribution in [1.82, 2.24) is 0 Å². The third kappa shape index (κ3) is 6.88. The highest BCUT2D eigenvalue weighted by Gasteiger charge is 2.36. The summed E-state index contributed by atoms with van der Waals surface area (Å²) >= 11 is 0. The molecule has 0 amide bonds. The zero-order valence-corrected chi connectivity index (χ0v) is 16.6. The van der Waals surface area contributed by atoms with Crippen LogP contribution in [0.5, 0.6) is 5.75 Å². The van der Waals surface area contributed by atoms with Crippen molar-refractivity contribution < 1.29 is 14.0 Å². The molecule has 1 rings (SSSR count). The van der Waals surface area contributed by atoms with E-state index in [-0.39, 0.29) is 5.04 Å². The number of methoxy groups -OCH3 is 1. The van der Waals surface area contributed by atoms with Gasteiger partial charge in [-0.1, -0.05) is 32.9 Å². The van der Waals surface area contributed by atoms with Gasteiger partial charge in [0, 0.05) is 19.4 Å². The molecule has 130 valence electrons. The van der Waals surface area contributed by atoms with Crippen molar-refractivity contribution in [2.75, 3.05) is 13.7 Å². The summed E-state index contributed by atoms with van der Waals surface area (Å²) in [5, 5.41) is 0.228. The van der Waals surface area contributed by atoms with E-state index in [1.165, 1.54) is 5.56 Å². The van der Waals surface area contributed by atoms with Crippen molar-refractivity contribution in [2.45, 2.75) is 64.6 Å². The van der Waals surface area contributed by atoms with Crippen molar-refractivity contribution >= 4 is 14.1 Å². The molecule has 0 aliphatic carbocycles. The predicted octanol–water partition coefficient (Wildman–Crippen LogP) is 5.00. The fourth-order valence-corrected chi connectivity index (χ4v) is 3.10. The molecular formula is C19H32O3Si. The van der Waals surface area contributed by atoms with Crippen LogP contribution < -0.4 is 4.74 Å². The maximum atomic E-state index is 12.0. The van der Waals surface area contributed by atoms with Crippen LogP contribution in [0.1, 0.15) is 45.6 Å². The van der Waals surface area contributed by atoms with Gasteiger partial charge in [-0.15, -0.1) is 0 Å². The zero-order valence-electron chi connectivity index (χ0n) is 15.6. The average molecular weight is 337 g/mol. The van der Waals surface area contributed by atoms with Crippen LogP contribution in [0.25, 0.3) is 0 Å². The van der Waals surface area contributed by atoms with Gasteiger partial charge < -0.3 is 9.16 Å². The zero-order chi connectivity index (χ0) is 17.5. The Hall–Kier alpha value is -1.13. The first-order valence-electron chi connectivity index (χ1n) is 8.44. The van der Waals surface area contributed by atoms with Crippen LogP contribution in [-0.2, 0) is 15.6 Å². The summed E-state index contributed by atoms with van der Waals surface area (Å²) in [6, 6.07) is 7.92. The highest BCUT2D eigenvalue weighted by Crippen LogP contribution is 2.36. The first-order valence-corrected chi connectivity index (χ1v) is 11.3. The standard InChI is InChI=1S/C19H32O3Si/c1-19(2,3)23(5,6)22-15-7-8-17(20)12-9-16-10-13-18(21-4)14-11-16/h10-11,13-14H,7-9,12,15H2,1-6H3. The van der Waals surface area contributed by atoms with Gasteiger partial charge in [-0.05, 0) is 48.7 Å². The van der Waals surface area contributed by atoms with Gasteiger partial charge in [0.25, 0.3) is 0 Å². The van der Waals surface area contributed by atoms with Crippen LogP contribution in [-0.4, -0.2) is 27.8 Å². The molecule has 0 bridgehead atoms. The summed E-state index contributed by atoms with van der Waals surface area (Å²) in [7, 11) is -0.0231. The largest absolute Gasteiger partial charge is 0.497 e. The van der Waals surface area contributed by atoms with E-state index in [0.29, 0.717) is 25.2 Å². The maximum absolute atomic E-state index is 12.0. The summed E-state index contributed by atoms with van der Waals surface area (Å²) in [6.07, 6.45) is 2.84. The maximum Gasteiger partial charge on any atom is 0.191 e. The van der Waals surface area contributed by atoms with Crippen LogP contribution in [0.2, 0.25) is 18.1 Å². The highest BCUT2D eigenvalue weighted by atomic mass is 28.4. The van der Waals surface area contributed by atoms with E-state index in [9.17, 15) is 4.79 Å². The second-order valence-corrected chi connectivity index (χ2v) is 12.4. The predicted molar refractivity (Wildman–Crippen MR) is 98.7 cm³/mol. The summed E-state index contributed by atoms with van der Waals surface area (Å²) in [6.45, 7) is 11.9. The van der Waals surface area contributed by atoms with Crippen LogP contribution in [0, 0.1) is 0 Å². The molecule has 0 spiro atoms. The van der Waals surface area contributed by atoms with Gasteiger partial charge in [0.2, 0.25) is 0 Å². The Labute approximate surface area is 142 Å². The van der Waals surface area contributed by atoms with Crippen LogP contribution in [0.3, 0.4) is 0 Å². The lowest BCUT2D eigenvalue weighted by molar-refractivity contribution is -0.119. The van der Waals surface area contributed by atoms with Crippen molar-refractivity contribution in [3.05, 3.63) is 29.8 Å². The van der Waals surface area contributed by atoms with Crippen molar-refractivity contribution in [2.24, 2.45) is 0 Å². The van der Waals surface area contributed by atoms with Gasteiger partial charge in [0.1, 0.15) is 11.5 Å². The minimum absolute atomic E-state index is 0.228. The first kappa shape index (κ1) is 19.9. The molecule has 3 nitrogen and oxygen atoms in total. The number of hydrogen-bond acceptors (Lipinski definition) is 3. The van der Waals surface area contributed by atoms with E-state index in [1.807, 2.05) is 24.3 Å². The van der Waals surface area contributed by atoms with E-state index >= 15 is 0 Å². The Bertz CT molecular complexity index is 486. The Kier molecular flexibility index (Phi) is 7.48. The molecule has 0 saturated carbocycles. The topological polar surface area (TPSA) is 35.5 Å². The monoisotopic (exact) mass is 336 g/mol. The van der Waals surface area contributed by atoms with Crippen LogP contribution in [0.4, 0.5) is 0 Å². The summed E-state index contributed by atoms with van der Waals surface area (Å²) in [4.78, 5) is 12.0. The van der Waals surface area contributed by atoms with Gasteiger partial charge in [-0.2, -0.15) is 0 Å². The number of ketones is 1. The quantitative estimate of drug-likeness (QED) is 0.470. The fraction of sp³-hybridized carbons (Fsp3) is 0.632. The van der Waals surface area contributed by atoms with Crippen LogP contribution in [0.15, 0.2) is 24.3 Å². The van der Waals surface area contributed by atoms with Crippen molar-refractivity contribution in [3.8, 4) is 5.75 Å². The summed E-state index contributed by atoms with van der Waals surface area (Å²) in [5.41, 5.74) is 1.18. The normalized spacial score (nSPS) is 12.3. The Morgan fingerprint density at radius 2 is 1.70 bits per heavy atom. The molecule has 0 fully saturated rings. The Balaban J connectivity index is 2.24. The van der Waals surface area contributed by atoms with Gasteiger partial charge in [-0.25, -0.2) is 0 Å². The molecule has 1 aromatic carbocycles. The lowest BCUT2D eigenvalue weighted by atomic mass is 10.1. The molecule has 0 unspecified atom stereocenters. The molecule has 1 aromatic rings. The number of carbonyl (C=O) groups excluding carboxylic acids is 1. The van der Waals surface area contributed by atoms with Crippen LogP contribution >= 0.6 is 0 Å². The number of carbonyl (C=O) groups is 1. The van der Waals surface area contributed by atoms with E-state index in [0.717, 1.165) is 18.6 Å². The molecule has 0 heterocycles. The van der Waals surface area contributed by atoms with Gasteiger partial charge >= 0.3 is 0 Å². The van der Waals surface area contributed by atoms with Crippen molar-refractivity contribution in [1.29, 1.82) is 0 Å². The Morgan fingerprint density at radius 1 is 1.09 bits per heavy atom. The van der Waals surface area contributed by atoms with E-state index in [4.69, 9.17) is 9.16 Å². The van der Waals surface area contributed by atoms with Gasteiger partial charge in [-0.3, -0.25) is 4.79 Å². The second kappa shape index (κ2) is 8.64. The molecular weight excluding hydrogens is 304 g/mol. The highest BCUT2D eigenvalue weighted by molar-refractivity contribution is 6.74. The first-order chi connectivity index (χ1) is 10.7. The molecule has 0 atom stereocenters. The van der Waals surface area contributed by atoms with E-state index < -0.39 is 8.32 Å². The lowest BCUT2D eigenvalue weighted by Gasteiger charge is -2.36. The Morgan fingerprint density at radius 3 is 2.22 bits per heavy atom. The number of Topliss-reactive ketones (excluding diaryl/α,β-unsaturated/α-hetero) is 1. The molecule has 0 aromatic heterocycles. The number of hydrogen-bond donors (Lipinski definition) is 0. The molecule has 0 N–H and O–H groups in total.